The van der Waals surface area contributed by atoms with Crippen molar-refractivity contribution in [3.05, 3.63) is 41.5 Å². The third-order valence-electron chi connectivity index (χ3n) is 7.85. The number of carbonyl (C=O) groups is 2. The van der Waals surface area contributed by atoms with Gasteiger partial charge in [0, 0.05) is 26.2 Å². The smallest absolute Gasteiger partial charge is 0.227 e. The van der Waals surface area contributed by atoms with Crippen LogP contribution in [0.1, 0.15) is 62.5 Å². The third kappa shape index (κ3) is 3.59. The minimum atomic E-state index is -0.189. The fraction of sp³-hybridized carbons (Fsp3) is 0.615. The molecule has 2 fully saturated rings. The lowest BCUT2D eigenvalue weighted by molar-refractivity contribution is -0.149. The number of benzene rings is 1. The van der Waals surface area contributed by atoms with Gasteiger partial charge in [-0.1, -0.05) is 30.3 Å². The molecule has 3 atom stereocenters. The monoisotopic (exact) mass is 406 g/mol. The molecule has 0 bridgehead atoms. The average molecular weight is 407 g/mol. The summed E-state index contributed by atoms with van der Waals surface area (Å²) < 4.78 is 0. The normalized spacial score (nSPS) is 28.9. The number of hydrogen-bond donors (Lipinski definition) is 0. The lowest BCUT2D eigenvalue weighted by atomic mass is 9.64. The minimum absolute atomic E-state index is 0.182. The highest BCUT2D eigenvalue weighted by Crippen LogP contribution is 2.47. The van der Waals surface area contributed by atoms with E-state index in [-0.39, 0.29) is 29.6 Å². The molecule has 160 valence electrons. The summed E-state index contributed by atoms with van der Waals surface area (Å²) in [4.78, 5) is 31.6. The number of likely N-dealkylation sites (tertiary alicyclic amines) is 2. The zero-order valence-corrected chi connectivity index (χ0v) is 18.0. The predicted molar refractivity (Wildman–Crippen MR) is 119 cm³/mol. The highest BCUT2D eigenvalue weighted by Gasteiger charge is 2.47. The SMILES string of the molecule is O=C([C@H]1[C@H](C(=O)N2CCCCC2)CC=C2c3ccccc3CC[C@@H]21)N1CCCCC1. The second-order valence-electron chi connectivity index (χ2n) is 9.60. The van der Waals surface area contributed by atoms with Crippen LogP contribution in [-0.2, 0) is 16.0 Å². The van der Waals surface area contributed by atoms with E-state index in [1.165, 1.54) is 29.5 Å². The summed E-state index contributed by atoms with van der Waals surface area (Å²) in [6, 6.07) is 8.65. The molecule has 0 aromatic heterocycles. The molecule has 2 heterocycles. The van der Waals surface area contributed by atoms with E-state index < -0.39 is 0 Å². The number of carbonyl (C=O) groups excluding carboxylic acids is 2. The number of hydrogen-bond acceptors (Lipinski definition) is 2. The molecule has 2 aliphatic heterocycles. The van der Waals surface area contributed by atoms with Crippen molar-refractivity contribution in [3.8, 4) is 0 Å². The molecule has 4 nitrogen and oxygen atoms in total. The molecule has 5 rings (SSSR count). The van der Waals surface area contributed by atoms with Crippen molar-refractivity contribution in [2.24, 2.45) is 17.8 Å². The van der Waals surface area contributed by atoms with Gasteiger partial charge < -0.3 is 9.80 Å². The van der Waals surface area contributed by atoms with Crippen LogP contribution in [0.5, 0.6) is 0 Å². The molecule has 30 heavy (non-hydrogen) atoms. The zero-order chi connectivity index (χ0) is 20.5. The molecule has 4 heteroatoms. The van der Waals surface area contributed by atoms with Crippen molar-refractivity contribution >= 4 is 17.4 Å². The molecule has 0 spiro atoms. The summed E-state index contributed by atoms with van der Waals surface area (Å²) in [5.41, 5.74) is 4.04. The average Bonchev–Trinajstić information content (AvgIpc) is 2.83. The predicted octanol–water partition coefficient (Wildman–Crippen LogP) is 4.29. The van der Waals surface area contributed by atoms with Gasteiger partial charge in [0.15, 0.2) is 0 Å². The molecule has 1 aromatic carbocycles. The first kappa shape index (κ1) is 19.8. The summed E-state index contributed by atoms with van der Waals surface area (Å²) >= 11 is 0. The maximum Gasteiger partial charge on any atom is 0.227 e. The standard InChI is InChI=1S/C26H34N2O2/c29-25(27-15-5-1-6-16-27)23-14-13-21-20-10-4-3-9-19(20)11-12-22(21)24(23)26(30)28-17-7-2-8-18-28/h3-4,9-10,13,22-24H,1-2,5-8,11-12,14-18H2/t22-,23+,24+/m0/s1. The van der Waals surface area contributed by atoms with E-state index in [0.717, 1.165) is 64.7 Å². The Bertz CT molecular complexity index is 833. The van der Waals surface area contributed by atoms with Crippen LogP contribution in [-0.4, -0.2) is 47.8 Å². The Labute approximate surface area is 180 Å². The van der Waals surface area contributed by atoms with Gasteiger partial charge in [0.05, 0.1) is 11.8 Å². The number of fused-ring (bicyclic) bond motifs is 3. The van der Waals surface area contributed by atoms with Gasteiger partial charge in [-0.2, -0.15) is 0 Å². The van der Waals surface area contributed by atoms with E-state index in [2.05, 4.69) is 40.1 Å². The van der Waals surface area contributed by atoms with Gasteiger partial charge in [0.2, 0.25) is 11.8 Å². The highest BCUT2D eigenvalue weighted by atomic mass is 16.2. The van der Waals surface area contributed by atoms with E-state index in [0.29, 0.717) is 6.42 Å². The van der Waals surface area contributed by atoms with Crippen LogP contribution in [0, 0.1) is 17.8 Å². The number of allylic oxidation sites excluding steroid dienone is 2. The van der Waals surface area contributed by atoms with E-state index in [1.54, 1.807) is 0 Å². The molecular weight excluding hydrogens is 372 g/mol. The summed E-state index contributed by atoms with van der Waals surface area (Å²) in [5, 5.41) is 0. The Morgan fingerprint density at radius 1 is 0.800 bits per heavy atom. The molecule has 4 aliphatic rings. The molecule has 0 radical (unpaired) electrons. The van der Waals surface area contributed by atoms with Crippen molar-refractivity contribution in [2.45, 2.75) is 57.8 Å². The molecule has 0 unspecified atom stereocenters. The molecule has 2 amide bonds. The van der Waals surface area contributed by atoms with Crippen molar-refractivity contribution in [2.75, 3.05) is 26.2 Å². The number of nitrogens with zero attached hydrogens (tertiary/aromatic N) is 2. The van der Waals surface area contributed by atoms with Gasteiger partial charge in [-0.25, -0.2) is 0 Å². The summed E-state index contributed by atoms with van der Waals surface area (Å²) in [7, 11) is 0. The van der Waals surface area contributed by atoms with E-state index >= 15 is 0 Å². The molecular formula is C26H34N2O2. The highest BCUT2D eigenvalue weighted by molar-refractivity contribution is 5.92. The van der Waals surface area contributed by atoms with Crippen molar-refractivity contribution in [3.63, 3.8) is 0 Å². The Morgan fingerprint density at radius 3 is 2.13 bits per heavy atom. The van der Waals surface area contributed by atoms with Crippen LogP contribution >= 0.6 is 0 Å². The van der Waals surface area contributed by atoms with Crippen LogP contribution in [0.3, 0.4) is 0 Å². The Balaban J connectivity index is 1.49. The Hall–Kier alpha value is -2.10. The van der Waals surface area contributed by atoms with E-state index in [9.17, 15) is 9.59 Å². The molecule has 2 saturated heterocycles. The molecule has 0 saturated carbocycles. The maximum absolute atomic E-state index is 13.8. The first-order valence-corrected chi connectivity index (χ1v) is 12.1. The lowest BCUT2D eigenvalue weighted by Crippen LogP contribution is -2.51. The topological polar surface area (TPSA) is 40.6 Å². The maximum atomic E-state index is 13.8. The van der Waals surface area contributed by atoms with Crippen LogP contribution in [0.15, 0.2) is 30.3 Å². The number of rotatable bonds is 2. The molecule has 1 aromatic rings. The van der Waals surface area contributed by atoms with Gasteiger partial charge in [-0.3, -0.25) is 9.59 Å². The number of piperidine rings is 2. The second kappa shape index (κ2) is 8.56. The van der Waals surface area contributed by atoms with Gasteiger partial charge in [-0.15, -0.1) is 0 Å². The largest absolute Gasteiger partial charge is 0.342 e. The van der Waals surface area contributed by atoms with E-state index in [1.807, 2.05) is 0 Å². The third-order valence-corrected chi connectivity index (χ3v) is 7.85. The molecule has 2 aliphatic carbocycles. The Morgan fingerprint density at radius 2 is 1.43 bits per heavy atom. The van der Waals surface area contributed by atoms with Crippen molar-refractivity contribution < 1.29 is 9.59 Å². The first-order chi connectivity index (χ1) is 14.7. The van der Waals surface area contributed by atoms with Gasteiger partial charge in [-0.05, 0) is 80.4 Å². The fourth-order valence-corrected chi connectivity index (χ4v) is 6.27. The lowest BCUT2D eigenvalue weighted by Gasteiger charge is -2.44. The van der Waals surface area contributed by atoms with Gasteiger partial charge in [0.25, 0.3) is 0 Å². The first-order valence-electron chi connectivity index (χ1n) is 12.1. The van der Waals surface area contributed by atoms with Crippen LogP contribution in [0.25, 0.3) is 5.57 Å². The van der Waals surface area contributed by atoms with E-state index in [4.69, 9.17) is 0 Å². The van der Waals surface area contributed by atoms with Crippen LogP contribution in [0.4, 0.5) is 0 Å². The van der Waals surface area contributed by atoms with Crippen LogP contribution in [0.2, 0.25) is 0 Å². The van der Waals surface area contributed by atoms with Crippen LogP contribution < -0.4 is 0 Å². The fourth-order valence-electron chi connectivity index (χ4n) is 6.27. The second-order valence-corrected chi connectivity index (χ2v) is 9.60. The van der Waals surface area contributed by atoms with Gasteiger partial charge >= 0.3 is 0 Å². The summed E-state index contributed by atoms with van der Waals surface area (Å²) in [5.74, 6) is 0.295. The quantitative estimate of drug-likeness (QED) is 0.735. The van der Waals surface area contributed by atoms with Crippen molar-refractivity contribution in [1.29, 1.82) is 0 Å². The summed E-state index contributed by atoms with van der Waals surface area (Å²) in [6.45, 7) is 3.46. The van der Waals surface area contributed by atoms with Crippen molar-refractivity contribution in [1.82, 2.24) is 9.80 Å². The van der Waals surface area contributed by atoms with Gasteiger partial charge in [0.1, 0.15) is 0 Å². The number of aryl methyl sites for hydroxylation is 1. The Kier molecular flexibility index (Phi) is 5.66. The minimum Gasteiger partial charge on any atom is -0.342 e. The number of amides is 2. The molecule has 0 N–H and O–H groups in total. The zero-order valence-electron chi connectivity index (χ0n) is 18.0. The summed E-state index contributed by atoms with van der Waals surface area (Å²) in [6.07, 6.45) is 11.8.